The van der Waals surface area contributed by atoms with Crippen LogP contribution in [0.15, 0.2) is 22.3 Å². The van der Waals surface area contributed by atoms with Crippen molar-refractivity contribution in [1.29, 1.82) is 0 Å². The first-order valence-corrected chi connectivity index (χ1v) is 12.3. The van der Waals surface area contributed by atoms with E-state index in [9.17, 15) is 0 Å². The van der Waals surface area contributed by atoms with Crippen LogP contribution in [0.5, 0.6) is 0 Å². The van der Waals surface area contributed by atoms with Crippen molar-refractivity contribution in [3.05, 3.63) is 22.3 Å². The average Bonchev–Trinajstić information content (AvgIpc) is 3.17. The summed E-state index contributed by atoms with van der Waals surface area (Å²) in [4.78, 5) is 0. The molecule has 0 amide bonds. The molecule has 0 aromatic heterocycles. The maximum atomic E-state index is 2.66. The Balaban J connectivity index is 1.58. The van der Waals surface area contributed by atoms with E-state index in [0.29, 0.717) is 10.8 Å². The van der Waals surface area contributed by atoms with Crippen molar-refractivity contribution in [3.8, 4) is 0 Å². The Labute approximate surface area is 169 Å². The van der Waals surface area contributed by atoms with E-state index in [-0.39, 0.29) is 0 Å². The number of hydrogen-bond acceptors (Lipinski definition) is 0. The molecule has 4 aliphatic rings. The zero-order chi connectivity index (χ0) is 19.2. The van der Waals surface area contributed by atoms with Gasteiger partial charge >= 0.3 is 0 Å². The first kappa shape index (κ1) is 19.8. The Hall–Kier alpha value is -0.520. The van der Waals surface area contributed by atoms with Gasteiger partial charge in [0.15, 0.2) is 0 Å². The molecule has 0 aliphatic heterocycles. The second kappa shape index (κ2) is 7.38. The third kappa shape index (κ3) is 3.18. The lowest BCUT2D eigenvalue weighted by Crippen LogP contribution is -2.36. The molecule has 1 saturated carbocycles. The number of hydrogen-bond donors (Lipinski definition) is 0. The van der Waals surface area contributed by atoms with Crippen molar-refractivity contribution in [2.24, 2.45) is 28.6 Å². The van der Waals surface area contributed by atoms with Crippen LogP contribution in [0, 0.1) is 28.6 Å². The van der Waals surface area contributed by atoms with E-state index >= 15 is 0 Å². The summed E-state index contributed by atoms with van der Waals surface area (Å²) in [6.45, 7) is 12.5. The molecular formula is C27H44. The third-order valence-corrected chi connectivity index (χ3v) is 9.61. The van der Waals surface area contributed by atoms with E-state index in [1.165, 1.54) is 83.5 Å². The molecule has 1 spiro atoms. The molecule has 0 N–H and O–H groups in total. The van der Waals surface area contributed by atoms with Crippen molar-refractivity contribution in [2.75, 3.05) is 0 Å². The maximum absolute atomic E-state index is 2.66. The highest BCUT2D eigenvalue weighted by molar-refractivity contribution is 5.46. The molecule has 1 fully saturated rings. The van der Waals surface area contributed by atoms with Gasteiger partial charge in [0, 0.05) is 5.41 Å². The van der Waals surface area contributed by atoms with E-state index in [4.69, 9.17) is 0 Å². The van der Waals surface area contributed by atoms with Gasteiger partial charge in [-0.25, -0.2) is 0 Å². The molecule has 0 unspecified atom stereocenters. The Kier molecular flexibility index (Phi) is 5.41. The van der Waals surface area contributed by atoms with Gasteiger partial charge in [-0.1, -0.05) is 75.7 Å². The normalized spacial score (nSPS) is 37.3. The van der Waals surface area contributed by atoms with Crippen LogP contribution < -0.4 is 0 Å². The minimum absolute atomic E-state index is 0.502. The van der Waals surface area contributed by atoms with E-state index < -0.39 is 0 Å². The molecule has 0 aromatic carbocycles. The summed E-state index contributed by atoms with van der Waals surface area (Å²) in [5, 5.41) is 0. The molecular weight excluding hydrogens is 324 g/mol. The second-order valence-electron chi connectivity index (χ2n) is 11.3. The van der Waals surface area contributed by atoms with Crippen LogP contribution >= 0.6 is 0 Å². The molecule has 0 bridgehead atoms. The fourth-order valence-electron chi connectivity index (χ4n) is 7.88. The fourth-order valence-corrected chi connectivity index (χ4v) is 7.88. The second-order valence-corrected chi connectivity index (χ2v) is 11.3. The minimum atomic E-state index is 0.502. The predicted octanol–water partition coefficient (Wildman–Crippen LogP) is 8.63. The molecule has 4 rings (SSSR count). The van der Waals surface area contributed by atoms with Crippen molar-refractivity contribution < 1.29 is 0 Å². The highest BCUT2D eigenvalue weighted by atomic mass is 14.6. The average molecular weight is 369 g/mol. The Morgan fingerprint density at radius 2 is 1.67 bits per heavy atom. The topological polar surface area (TPSA) is 0 Å². The fraction of sp³-hybridized carbons (Fsp3) is 0.852. The minimum Gasteiger partial charge on any atom is -0.0675 e. The van der Waals surface area contributed by atoms with Gasteiger partial charge < -0.3 is 0 Å². The lowest BCUT2D eigenvalue weighted by molar-refractivity contribution is 0.132. The highest BCUT2D eigenvalue weighted by Crippen LogP contribution is 2.66. The van der Waals surface area contributed by atoms with Crippen LogP contribution in [0.3, 0.4) is 0 Å². The van der Waals surface area contributed by atoms with Crippen LogP contribution in [-0.4, -0.2) is 0 Å². The summed E-state index contributed by atoms with van der Waals surface area (Å²) in [7, 11) is 0. The van der Waals surface area contributed by atoms with Gasteiger partial charge in [0.1, 0.15) is 0 Å². The van der Waals surface area contributed by atoms with Crippen LogP contribution in [0.4, 0.5) is 0 Å². The van der Waals surface area contributed by atoms with Crippen molar-refractivity contribution in [3.63, 3.8) is 0 Å². The summed E-state index contributed by atoms with van der Waals surface area (Å²) in [5.41, 5.74) is 8.70. The van der Waals surface area contributed by atoms with E-state index in [1.54, 1.807) is 0 Å². The quantitative estimate of drug-likeness (QED) is 0.426. The largest absolute Gasteiger partial charge is 0.0675 e. The van der Waals surface area contributed by atoms with Crippen molar-refractivity contribution >= 4 is 0 Å². The van der Waals surface area contributed by atoms with E-state index in [1.807, 2.05) is 22.3 Å². The lowest BCUT2D eigenvalue weighted by Gasteiger charge is -2.48. The van der Waals surface area contributed by atoms with Gasteiger partial charge in [-0.2, -0.15) is 0 Å². The molecule has 4 atom stereocenters. The molecule has 152 valence electrons. The van der Waals surface area contributed by atoms with Crippen LogP contribution in [0.25, 0.3) is 0 Å². The lowest BCUT2D eigenvalue weighted by atomic mass is 9.57. The maximum Gasteiger partial charge on any atom is 0.0129 e. The molecule has 0 aromatic rings. The summed E-state index contributed by atoms with van der Waals surface area (Å²) in [5.74, 6) is 2.67. The monoisotopic (exact) mass is 368 g/mol. The van der Waals surface area contributed by atoms with E-state index in [0.717, 1.165) is 17.8 Å². The Morgan fingerprint density at radius 1 is 0.889 bits per heavy atom. The Bertz CT molecular complexity index is 632. The van der Waals surface area contributed by atoms with Gasteiger partial charge in [0.2, 0.25) is 0 Å². The zero-order valence-corrected chi connectivity index (χ0v) is 18.9. The molecule has 0 heterocycles. The zero-order valence-electron chi connectivity index (χ0n) is 18.9. The predicted molar refractivity (Wildman–Crippen MR) is 118 cm³/mol. The van der Waals surface area contributed by atoms with Gasteiger partial charge in [-0.15, -0.1) is 0 Å². The third-order valence-electron chi connectivity index (χ3n) is 9.61. The smallest absolute Gasteiger partial charge is 0.0129 e. The first-order chi connectivity index (χ1) is 12.9. The first-order valence-electron chi connectivity index (χ1n) is 12.3. The molecule has 0 heteroatoms. The van der Waals surface area contributed by atoms with Crippen molar-refractivity contribution in [2.45, 2.75) is 118 Å². The SMILES string of the molecule is CC1=C([C@@H](C)CCCC(C)C)CC[C@]12CCC1=C2CC[C@H]2CCCC[C@]12C. The number of fused-ring (bicyclic) bond motifs is 3. The van der Waals surface area contributed by atoms with Gasteiger partial charge in [0.25, 0.3) is 0 Å². The highest BCUT2D eigenvalue weighted by Gasteiger charge is 2.53. The number of rotatable bonds is 5. The van der Waals surface area contributed by atoms with Crippen LogP contribution in [0.2, 0.25) is 0 Å². The molecule has 27 heavy (non-hydrogen) atoms. The van der Waals surface area contributed by atoms with Crippen LogP contribution in [-0.2, 0) is 0 Å². The summed E-state index contributed by atoms with van der Waals surface area (Å²) < 4.78 is 0. The molecule has 0 radical (unpaired) electrons. The molecule has 4 aliphatic carbocycles. The Morgan fingerprint density at radius 3 is 2.44 bits per heavy atom. The van der Waals surface area contributed by atoms with Gasteiger partial charge in [-0.3, -0.25) is 0 Å². The van der Waals surface area contributed by atoms with Crippen LogP contribution in [0.1, 0.15) is 118 Å². The summed E-state index contributed by atoms with van der Waals surface area (Å²) in [6, 6.07) is 0. The summed E-state index contributed by atoms with van der Waals surface area (Å²) in [6.07, 6.45) is 18.8. The van der Waals surface area contributed by atoms with Crippen molar-refractivity contribution in [1.82, 2.24) is 0 Å². The molecule has 0 nitrogen and oxygen atoms in total. The summed E-state index contributed by atoms with van der Waals surface area (Å²) >= 11 is 0. The number of allylic oxidation sites excluding steroid dienone is 4. The molecule has 0 saturated heterocycles. The van der Waals surface area contributed by atoms with Gasteiger partial charge in [-0.05, 0) is 87.9 Å². The standard InChI is InChI=1S/C27H44/c1-19(2)9-8-10-20(3)23-14-17-27(21(23)4)18-15-24-25(27)13-12-22-11-6-7-16-26(22,24)5/h19-20,22H,6-18H2,1-5H3/t20-,22+,26-,27-/m0/s1. The van der Waals surface area contributed by atoms with E-state index in [2.05, 4.69) is 34.6 Å². The van der Waals surface area contributed by atoms with Gasteiger partial charge in [0.05, 0.1) is 0 Å².